The van der Waals surface area contributed by atoms with Crippen molar-refractivity contribution in [1.29, 1.82) is 0 Å². The summed E-state index contributed by atoms with van der Waals surface area (Å²) in [6.07, 6.45) is 5.47. The first-order valence-corrected chi connectivity index (χ1v) is 7.43. The molecule has 98 valence electrons. The average Bonchev–Trinajstić information content (AvgIpc) is 3.03. The summed E-state index contributed by atoms with van der Waals surface area (Å²) in [6.45, 7) is 0.873. The number of rotatable bonds is 3. The fourth-order valence-corrected chi connectivity index (χ4v) is 3.96. The van der Waals surface area contributed by atoms with Crippen LogP contribution in [0.4, 0.5) is 0 Å². The van der Waals surface area contributed by atoms with Gasteiger partial charge >= 0.3 is 0 Å². The second-order valence-electron chi connectivity index (χ2n) is 5.72. The Hall–Kier alpha value is -0.770. The molecule has 3 atom stereocenters. The van der Waals surface area contributed by atoms with Crippen molar-refractivity contribution in [2.45, 2.75) is 25.7 Å². The first kappa shape index (κ1) is 12.3. The van der Waals surface area contributed by atoms with E-state index in [1.807, 2.05) is 11.9 Å². The van der Waals surface area contributed by atoms with Crippen LogP contribution in [0.5, 0.6) is 0 Å². The van der Waals surface area contributed by atoms with Gasteiger partial charge in [0.25, 0.3) is 5.91 Å². The molecule has 3 unspecified atom stereocenters. The highest BCUT2D eigenvalue weighted by molar-refractivity contribution is 9.10. The maximum absolute atomic E-state index is 12.2. The molecular formula is C14H18BrNO2. The van der Waals surface area contributed by atoms with Crippen molar-refractivity contribution in [3.8, 4) is 0 Å². The summed E-state index contributed by atoms with van der Waals surface area (Å²) in [5, 5.41) is 0. The van der Waals surface area contributed by atoms with E-state index in [0.717, 1.165) is 18.4 Å². The molecule has 2 aliphatic carbocycles. The van der Waals surface area contributed by atoms with Crippen LogP contribution < -0.4 is 0 Å². The minimum atomic E-state index is -0.0107. The van der Waals surface area contributed by atoms with Crippen LogP contribution in [0.1, 0.15) is 36.2 Å². The van der Waals surface area contributed by atoms with Gasteiger partial charge in [0.05, 0.1) is 0 Å². The monoisotopic (exact) mass is 311 g/mol. The van der Waals surface area contributed by atoms with Gasteiger partial charge < -0.3 is 9.32 Å². The number of halogens is 1. The van der Waals surface area contributed by atoms with Crippen LogP contribution in [0.2, 0.25) is 0 Å². The van der Waals surface area contributed by atoms with Gasteiger partial charge in [0, 0.05) is 13.6 Å². The number of amides is 1. The zero-order valence-corrected chi connectivity index (χ0v) is 12.1. The molecule has 1 aromatic heterocycles. The molecule has 2 aliphatic rings. The van der Waals surface area contributed by atoms with Gasteiger partial charge in [-0.15, -0.1) is 0 Å². The molecule has 1 aromatic rings. The zero-order valence-electron chi connectivity index (χ0n) is 10.6. The van der Waals surface area contributed by atoms with Crippen molar-refractivity contribution >= 4 is 21.8 Å². The highest BCUT2D eigenvalue weighted by Gasteiger charge is 2.40. The molecule has 0 spiro atoms. The molecule has 2 bridgehead atoms. The van der Waals surface area contributed by atoms with Gasteiger partial charge in [-0.25, -0.2) is 0 Å². The van der Waals surface area contributed by atoms with Gasteiger partial charge in [0.1, 0.15) is 0 Å². The molecular weight excluding hydrogens is 294 g/mol. The summed E-state index contributed by atoms with van der Waals surface area (Å²) >= 11 is 3.23. The maximum Gasteiger partial charge on any atom is 0.289 e. The van der Waals surface area contributed by atoms with E-state index < -0.39 is 0 Å². The van der Waals surface area contributed by atoms with Crippen LogP contribution in [0.25, 0.3) is 0 Å². The Morgan fingerprint density at radius 3 is 2.83 bits per heavy atom. The number of hydrogen-bond acceptors (Lipinski definition) is 2. The Bertz CT molecular complexity index is 456. The topological polar surface area (TPSA) is 33.5 Å². The first-order chi connectivity index (χ1) is 8.63. The summed E-state index contributed by atoms with van der Waals surface area (Å²) in [7, 11) is 1.88. The molecule has 1 amide bonds. The fraction of sp³-hybridized carbons (Fsp3) is 0.643. The van der Waals surface area contributed by atoms with Gasteiger partial charge in [-0.2, -0.15) is 0 Å². The fourth-order valence-electron chi connectivity index (χ4n) is 3.65. The minimum Gasteiger partial charge on any atom is -0.444 e. The number of furan rings is 1. The lowest BCUT2D eigenvalue weighted by atomic mass is 9.88. The van der Waals surface area contributed by atoms with E-state index in [2.05, 4.69) is 15.9 Å². The molecule has 18 heavy (non-hydrogen) atoms. The lowest BCUT2D eigenvalue weighted by Crippen LogP contribution is -2.33. The summed E-state index contributed by atoms with van der Waals surface area (Å²) < 4.78 is 5.93. The van der Waals surface area contributed by atoms with Crippen molar-refractivity contribution < 1.29 is 9.21 Å². The van der Waals surface area contributed by atoms with E-state index in [0.29, 0.717) is 16.3 Å². The summed E-state index contributed by atoms with van der Waals surface area (Å²) in [5.41, 5.74) is 0. The number of fused-ring (bicyclic) bond motifs is 2. The largest absolute Gasteiger partial charge is 0.444 e. The number of nitrogens with zero attached hydrogens (tertiary/aromatic N) is 1. The number of hydrogen-bond donors (Lipinski definition) is 0. The highest BCUT2D eigenvalue weighted by Crippen LogP contribution is 2.48. The molecule has 2 saturated carbocycles. The van der Waals surface area contributed by atoms with E-state index in [4.69, 9.17) is 4.42 Å². The van der Waals surface area contributed by atoms with Crippen LogP contribution in [-0.2, 0) is 0 Å². The van der Waals surface area contributed by atoms with Gasteiger partial charge in [-0.3, -0.25) is 4.79 Å². The lowest BCUT2D eigenvalue weighted by Gasteiger charge is -2.26. The average molecular weight is 312 g/mol. The quantitative estimate of drug-likeness (QED) is 0.855. The molecule has 3 nitrogen and oxygen atoms in total. The van der Waals surface area contributed by atoms with Crippen molar-refractivity contribution in [3.63, 3.8) is 0 Å². The Kier molecular flexibility index (Phi) is 3.22. The number of carbonyl (C=O) groups is 1. The smallest absolute Gasteiger partial charge is 0.289 e. The van der Waals surface area contributed by atoms with Gasteiger partial charge in [0.2, 0.25) is 0 Å². The first-order valence-electron chi connectivity index (χ1n) is 6.64. The molecule has 0 aromatic carbocycles. The van der Waals surface area contributed by atoms with Crippen LogP contribution in [-0.4, -0.2) is 24.4 Å². The molecule has 3 rings (SSSR count). The molecule has 1 heterocycles. The Balaban J connectivity index is 1.61. The van der Waals surface area contributed by atoms with Crippen LogP contribution >= 0.6 is 15.9 Å². The maximum atomic E-state index is 12.2. The normalized spacial score (nSPS) is 29.8. The molecule has 0 radical (unpaired) electrons. The van der Waals surface area contributed by atoms with Crippen molar-refractivity contribution in [2.75, 3.05) is 13.6 Å². The van der Waals surface area contributed by atoms with Crippen molar-refractivity contribution in [3.05, 3.63) is 22.6 Å². The molecule has 0 saturated heterocycles. The predicted molar refractivity (Wildman–Crippen MR) is 72.3 cm³/mol. The van der Waals surface area contributed by atoms with Gasteiger partial charge in [-0.1, -0.05) is 6.42 Å². The second kappa shape index (κ2) is 4.72. The van der Waals surface area contributed by atoms with Crippen LogP contribution in [0.3, 0.4) is 0 Å². The third-order valence-corrected chi connectivity index (χ3v) is 4.95. The summed E-state index contributed by atoms with van der Waals surface area (Å²) in [5.74, 6) is 2.90. The predicted octanol–water partition coefficient (Wildman–Crippen LogP) is 3.55. The third-order valence-electron chi connectivity index (χ3n) is 4.52. The Labute approximate surface area is 116 Å². The van der Waals surface area contributed by atoms with Crippen LogP contribution in [0, 0.1) is 17.8 Å². The summed E-state index contributed by atoms with van der Waals surface area (Å²) in [6, 6.07) is 3.49. The van der Waals surface area contributed by atoms with Crippen molar-refractivity contribution in [2.24, 2.45) is 17.8 Å². The lowest BCUT2D eigenvalue weighted by molar-refractivity contribution is 0.0721. The zero-order chi connectivity index (χ0) is 12.7. The van der Waals surface area contributed by atoms with E-state index >= 15 is 0 Å². The SMILES string of the molecule is CN(CC1CC2CCC1C2)C(=O)c1ccc(Br)o1. The standard InChI is InChI=1S/C14H18BrNO2/c1-16(14(17)12-4-5-13(15)18-12)8-11-7-9-2-3-10(11)6-9/h4-5,9-11H,2-3,6-8H2,1H3. The molecule has 0 N–H and O–H groups in total. The minimum absolute atomic E-state index is 0.0107. The molecule has 4 heteroatoms. The third kappa shape index (κ3) is 2.22. The van der Waals surface area contributed by atoms with E-state index in [-0.39, 0.29) is 5.91 Å². The Morgan fingerprint density at radius 1 is 1.44 bits per heavy atom. The van der Waals surface area contributed by atoms with Crippen LogP contribution in [0.15, 0.2) is 21.2 Å². The van der Waals surface area contributed by atoms with Gasteiger partial charge in [-0.05, 0) is 65.1 Å². The Morgan fingerprint density at radius 2 is 2.28 bits per heavy atom. The highest BCUT2D eigenvalue weighted by atomic mass is 79.9. The molecule has 0 aliphatic heterocycles. The summed E-state index contributed by atoms with van der Waals surface area (Å²) in [4.78, 5) is 14.0. The van der Waals surface area contributed by atoms with E-state index in [9.17, 15) is 4.79 Å². The van der Waals surface area contributed by atoms with Gasteiger partial charge in [0.15, 0.2) is 10.4 Å². The second-order valence-corrected chi connectivity index (χ2v) is 6.51. The van der Waals surface area contributed by atoms with E-state index in [1.54, 1.807) is 12.1 Å². The number of carbonyl (C=O) groups excluding carboxylic acids is 1. The molecule has 2 fully saturated rings. The van der Waals surface area contributed by atoms with Crippen molar-refractivity contribution in [1.82, 2.24) is 4.90 Å². The van der Waals surface area contributed by atoms with E-state index in [1.165, 1.54) is 25.7 Å².